The number of carbonyl (C=O) groups excluding carboxylic acids is 1. The predicted molar refractivity (Wildman–Crippen MR) is 114 cm³/mol. The number of hydrogen-bond acceptors (Lipinski definition) is 6. The first-order valence-corrected chi connectivity index (χ1v) is 10.3. The Morgan fingerprint density at radius 2 is 1.69 bits per heavy atom. The van der Waals surface area contributed by atoms with Crippen LogP contribution in [-0.4, -0.2) is 30.7 Å². The number of benzene rings is 3. The third kappa shape index (κ3) is 2.52. The van der Waals surface area contributed by atoms with Crippen molar-refractivity contribution in [2.75, 3.05) is 24.7 Å². The van der Waals surface area contributed by atoms with Crippen molar-refractivity contribution >= 4 is 17.3 Å². The minimum absolute atomic E-state index is 0.00420. The number of para-hydroxylation sites is 1. The summed E-state index contributed by atoms with van der Waals surface area (Å²) < 4.78 is 17.4. The zero-order valence-corrected chi connectivity index (χ0v) is 16.9. The fraction of sp³-hybridized carbons (Fsp3) is 0.208. The van der Waals surface area contributed by atoms with E-state index in [1.54, 1.807) is 23.1 Å². The van der Waals surface area contributed by atoms with Crippen molar-refractivity contribution in [1.29, 1.82) is 0 Å². The fourth-order valence-corrected chi connectivity index (χ4v) is 4.82. The van der Waals surface area contributed by atoms with Crippen LogP contribution in [0, 0.1) is 10.1 Å². The summed E-state index contributed by atoms with van der Waals surface area (Å²) in [7, 11) is 0. The molecule has 8 nitrogen and oxygen atoms in total. The van der Waals surface area contributed by atoms with Crippen LogP contribution in [-0.2, 0) is 16.8 Å². The molecule has 0 aliphatic carbocycles. The van der Waals surface area contributed by atoms with Crippen molar-refractivity contribution in [3.8, 4) is 17.2 Å². The first-order chi connectivity index (χ1) is 15.6. The van der Waals surface area contributed by atoms with E-state index in [1.807, 2.05) is 30.3 Å². The van der Waals surface area contributed by atoms with Crippen molar-refractivity contribution in [1.82, 2.24) is 0 Å². The second kappa shape index (κ2) is 6.71. The Labute approximate surface area is 183 Å². The molecular weight excluding hydrogens is 412 g/mol. The number of rotatable bonds is 3. The maximum Gasteiger partial charge on any atom is 0.269 e. The van der Waals surface area contributed by atoms with Crippen LogP contribution < -0.4 is 19.1 Å². The van der Waals surface area contributed by atoms with Crippen molar-refractivity contribution in [3.05, 3.63) is 87.5 Å². The highest BCUT2D eigenvalue weighted by atomic mass is 16.6. The molecule has 0 bridgehead atoms. The number of non-ortho nitro benzene ring substituents is 1. The summed E-state index contributed by atoms with van der Waals surface area (Å²) in [5, 5.41) is 11.2. The summed E-state index contributed by atoms with van der Waals surface area (Å²) >= 11 is 0. The van der Waals surface area contributed by atoms with Crippen LogP contribution in [0.4, 0.5) is 11.4 Å². The lowest BCUT2D eigenvalue weighted by molar-refractivity contribution is -0.384. The Bertz CT molecular complexity index is 1290. The van der Waals surface area contributed by atoms with Crippen LogP contribution >= 0.6 is 0 Å². The summed E-state index contributed by atoms with van der Waals surface area (Å²) in [4.78, 5) is 26.4. The largest absolute Gasteiger partial charge is 0.491 e. The van der Waals surface area contributed by atoms with Crippen LogP contribution in [0.15, 0.2) is 60.7 Å². The van der Waals surface area contributed by atoms with E-state index in [-0.39, 0.29) is 24.7 Å². The molecule has 1 spiro atoms. The van der Waals surface area contributed by atoms with E-state index in [0.29, 0.717) is 36.0 Å². The van der Waals surface area contributed by atoms with Gasteiger partial charge in [-0.25, -0.2) is 0 Å². The normalized spacial score (nSPS) is 20.1. The number of carbonyl (C=O) groups is 1. The Hall–Kier alpha value is -4.07. The van der Waals surface area contributed by atoms with Crippen molar-refractivity contribution in [2.45, 2.75) is 12.0 Å². The molecule has 3 aliphatic heterocycles. The van der Waals surface area contributed by atoms with Crippen LogP contribution in [0.5, 0.6) is 17.2 Å². The third-order valence-corrected chi connectivity index (χ3v) is 6.28. The SMILES string of the molecule is O=C1N(Cc2cccc([N+](=O)[O-])c2)c2ccccc2C12COc1cc3c(cc12)OCCO3. The number of hydrogen-bond donors (Lipinski definition) is 0. The number of fused-ring (bicyclic) bond motifs is 5. The van der Waals surface area contributed by atoms with Gasteiger partial charge in [-0.05, 0) is 23.3 Å². The van der Waals surface area contributed by atoms with Gasteiger partial charge >= 0.3 is 0 Å². The zero-order chi connectivity index (χ0) is 21.9. The maximum absolute atomic E-state index is 14.0. The minimum atomic E-state index is -0.998. The topological polar surface area (TPSA) is 91.1 Å². The molecule has 8 heteroatoms. The minimum Gasteiger partial charge on any atom is -0.491 e. The van der Waals surface area contributed by atoms with Gasteiger partial charge in [-0.15, -0.1) is 0 Å². The molecule has 0 N–H and O–H groups in total. The standard InChI is InChI=1S/C24H18N2O6/c27-23-24(14-32-20-12-22-21(11-18(20)24)30-8-9-31-22)17-6-1-2-7-19(17)25(23)13-15-4-3-5-16(10-15)26(28)29/h1-7,10-12H,8-9,13-14H2. The molecule has 6 rings (SSSR count). The molecule has 0 saturated heterocycles. The lowest BCUT2D eigenvalue weighted by Gasteiger charge is -2.24. The van der Waals surface area contributed by atoms with Gasteiger partial charge in [-0.3, -0.25) is 14.9 Å². The average Bonchev–Trinajstić information content (AvgIpc) is 3.30. The van der Waals surface area contributed by atoms with Gasteiger partial charge in [0.25, 0.3) is 5.69 Å². The summed E-state index contributed by atoms with van der Waals surface area (Å²) in [6.07, 6.45) is 0. The average molecular weight is 430 g/mol. The first-order valence-electron chi connectivity index (χ1n) is 10.3. The highest BCUT2D eigenvalue weighted by Gasteiger charge is 2.57. The van der Waals surface area contributed by atoms with Crippen LogP contribution in [0.3, 0.4) is 0 Å². The molecule has 0 fully saturated rings. The molecule has 1 atom stereocenters. The lowest BCUT2D eigenvalue weighted by Crippen LogP contribution is -2.42. The Morgan fingerprint density at radius 3 is 2.50 bits per heavy atom. The Balaban J connectivity index is 1.46. The molecule has 32 heavy (non-hydrogen) atoms. The second-order valence-electron chi connectivity index (χ2n) is 8.02. The molecule has 1 amide bonds. The smallest absolute Gasteiger partial charge is 0.269 e. The first kappa shape index (κ1) is 18.7. The number of ether oxygens (including phenoxy) is 3. The number of amides is 1. The molecule has 1 unspecified atom stereocenters. The van der Waals surface area contributed by atoms with Gasteiger partial charge in [0.05, 0.1) is 11.5 Å². The van der Waals surface area contributed by atoms with Gasteiger partial charge in [0, 0.05) is 29.4 Å². The van der Waals surface area contributed by atoms with E-state index in [2.05, 4.69) is 0 Å². The molecule has 3 heterocycles. The molecule has 0 aromatic heterocycles. The number of nitro groups is 1. The van der Waals surface area contributed by atoms with Gasteiger partial charge in [-0.1, -0.05) is 30.3 Å². The summed E-state index contributed by atoms with van der Waals surface area (Å²) in [5.74, 6) is 1.69. The number of nitrogens with zero attached hydrogens (tertiary/aromatic N) is 2. The van der Waals surface area contributed by atoms with E-state index in [9.17, 15) is 14.9 Å². The molecule has 160 valence electrons. The lowest BCUT2D eigenvalue weighted by atomic mass is 9.77. The van der Waals surface area contributed by atoms with Crippen molar-refractivity contribution in [2.24, 2.45) is 0 Å². The van der Waals surface area contributed by atoms with Crippen LogP contribution in [0.1, 0.15) is 16.7 Å². The number of anilines is 1. The summed E-state index contributed by atoms with van der Waals surface area (Å²) in [5.41, 5.74) is 2.06. The van der Waals surface area contributed by atoms with E-state index in [4.69, 9.17) is 14.2 Å². The third-order valence-electron chi connectivity index (χ3n) is 6.28. The highest BCUT2D eigenvalue weighted by molar-refractivity contribution is 6.11. The monoisotopic (exact) mass is 430 g/mol. The highest BCUT2D eigenvalue weighted by Crippen LogP contribution is 2.55. The van der Waals surface area contributed by atoms with Gasteiger partial charge in [0.15, 0.2) is 11.5 Å². The van der Waals surface area contributed by atoms with Crippen molar-refractivity contribution in [3.63, 3.8) is 0 Å². The molecule has 0 radical (unpaired) electrons. The van der Waals surface area contributed by atoms with E-state index in [0.717, 1.165) is 16.8 Å². The summed E-state index contributed by atoms with van der Waals surface area (Å²) in [6, 6.07) is 17.6. The molecule has 3 aliphatic rings. The van der Waals surface area contributed by atoms with E-state index >= 15 is 0 Å². The Morgan fingerprint density at radius 1 is 0.906 bits per heavy atom. The zero-order valence-electron chi connectivity index (χ0n) is 16.9. The van der Waals surface area contributed by atoms with Crippen LogP contribution in [0.2, 0.25) is 0 Å². The second-order valence-corrected chi connectivity index (χ2v) is 8.02. The fourth-order valence-electron chi connectivity index (χ4n) is 4.82. The maximum atomic E-state index is 14.0. The van der Waals surface area contributed by atoms with E-state index < -0.39 is 10.3 Å². The van der Waals surface area contributed by atoms with Crippen LogP contribution in [0.25, 0.3) is 0 Å². The van der Waals surface area contributed by atoms with E-state index in [1.165, 1.54) is 12.1 Å². The molecule has 3 aromatic rings. The van der Waals surface area contributed by atoms with Gasteiger partial charge < -0.3 is 19.1 Å². The molecule has 0 saturated carbocycles. The Kier molecular flexibility index (Phi) is 3.92. The predicted octanol–water partition coefficient (Wildman–Crippen LogP) is 3.59. The van der Waals surface area contributed by atoms with Gasteiger partial charge in [-0.2, -0.15) is 0 Å². The van der Waals surface area contributed by atoms with Crippen molar-refractivity contribution < 1.29 is 23.9 Å². The van der Waals surface area contributed by atoms with Gasteiger partial charge in [0.1, 0.15) is 31.0 Å². The number of nitro benzene ring substituents is 1. The molecule has 3 aromatic carbocycles. The quantitative estimate of drug-likeness (QED) is 0.466. The van der Waals surface area contributed by atoms with Gasteiger partial charge in [0.2, 0.25) is 5.91 Å². The summed E-state index contributed by atoms with van der Waals surface area (Å²) in [6.45, 7) is 1.31. The molecular formula is C24H18N2O6.